The van der Waals surface area contributed by atoms with Gasteiger partial charge in [0.1, 0.15) is 11.6 Å². The lowest BCUT2D eigenvalue weighted by Crippen LogP contribution is -2.42. The van der Waals surface area contributed by atoms with Crippen LogP contribution in [0, 0.1) is 12.8 Å². The molecule has 0 aliphatic heterocycles. The second-order valence-electron chi connectivity index (χ2n) is 5.22. The Balaban J connectivity index is 2.55. The van der Waals surface area contributed by atoms with Gasteiger partial charge in [-0.15, -0.1) is 10.2 Å². The van der Waals surface area contributed by atoms with Crippen molar-refractivity contribution < 1.29 is 0 Å². The van der Waals surface area contributed by atoms with E-state index in [1.807, 2.05) is 18.5 Å². The second kappa shape index (κ2) is 6.12. The highest BCUT2D eigenvalue weighted by Crippen LogP contribution is 2.04. The summed E-state index contributed by atoms with van der Waals surface area (Å²) < 4.78 is 2.03. The second-order valence-corrected chi connectivity index (χ2v) is 5.22. The average Bonchev–Trinajstić information content (AvgIpc) is 2.54. The van der Waals surface area contributed by atoms with Crippen LogP contribution in [0.5, 0.6) is 0 Å². The van der Waals surface area contributed by atoms with Gasteiger partial charge < -0.3 is 14.8 Å². The van der Waals surface area contributed by atoms with Crippen LogP contribution in [0.1, 0.15) is 25.5 Å². The molecule has 5 heteroatoms. The van der Waals surface area contributed by atoms with Crippen molar-refractivity contribution in [1.29, 1.82) is 0 Å². The quantitative estimate of drug-likeness (QED) is 0.797. The molecule has 17 heavy (non-hydrogen) atoms. The number of nitrogens with one attached hydrogen (secondary N) is 1. The number of aryl methyl sites for hydroxylation is 1. The van der Waals surface area contributed by atoms with E-state index in [0.29, 0.717) is 12.0 Å². The van der Waals surface area contributed by atoms with E-state index in [2.05, 4.69) is 48.4 Å². The Morgan fingerprint density at radius 3 is 2.35 bits per heavy atom. The fraction of sp³-hybridized carbons (Fsp3) is 0.833. The number of hydrogen-bond donors (Lipinski definition) is 1. The van der Waals surface area contributed by atoms with E-state index in [0.717, 1.165) is 24.7 Å². The number of nitrogens with zero attached hydrogens (tertiary/aromatic N) is 4. The van der Waals surface area contributed by atoms with E-state index in [4.69, 9.17) is 0 Å². The van der Waals surface area contributed by atoms with Crippen molar-refractivity contribution in [1.82, 2.24) is 25.0 Å². The van der Waals surface area contributed by atoms with Gasteiger partial charge in [-0.2, -0.15) is 0 Å². The zero-order valence-electron chi connectivity index (χ0n) is 11.9. The fourth-order valence-electron chi connectivity index (χ4n) is 1.73. The van der Waals surface area contributed by atoms with Crippen LogP contribution >= 0.6 is 0 Å². The normalized spacial score (nSPS) is 13.6. The van der Waals surface area contributed by atoms with Crippen molar-refractivity contribution in [3.05, 3.63) is 11.6 Å². The van der Waals surface area contributed by atoms with Crippen LogP contribution in [0.4, 0.5) is 0 Å². The van der Waals surface area contributed by atoms with Gasteiger partial charge in [0, 0.05) is 19.6 Å². The Kier molecular flexibility index (Phi) is 5.08. The smallest absolute Gasteiger partial charge is 0.146 e. The molecule has 1 unspecified atom stereocenters. The lowest BCUT2D eigenvalue weighted by Gasteiger charge is -2.25. The molecule has 1 aromatic rings. The highest BCUT2D eigenvalue weighted by Gasteiger charge is 2.15. The van der Waals surface area contributed by atoms with E-state index >= 15 is 0 Å². The molecule has 1 heterocycles. The summed E-state index contributed by atoms with van der Waals surface area (Å²) in [5.41, 5.74) is 0. The summed E-state index contributed by atoms with van der Waals surface area (Å²) in [4.78, 5) is 2.21. The van der Waals surface area contributed by atoms with Gasteiger partial charge in [0.2, 0.25) is 0 Å². The van der Waals surface area contributed by atoms with Crippen molar-refractivity contribution in [3.8, 4) is 0 Å². The summed E-state index contributed by atoms with van der Waals surface area (Å²) >= 11 is 0. The van der Waals surface area contributed by atoms with E-state index in [1.165, 1.54) is 0 Å². The molecule has 0 spiro atoms. The molecule has 1 N–H and O–H groups in total. The third-order valence-corrected chi connectivity index (χ3v) is 3.07. The summed E-state index contributed by atoms with van der Waals surface area (Å²) in [5, 5.41) is 11.8. The van der Waals surface area contributed by atoms with Crippen molar-refractivity contribution in [2.24, 2.45) is 13.0 Å². The van der Waals surface area contributed by atoms with Crippen LogP contribution in [0.25, 0.3) is 0 Å². The maximum absolute atomic E-state index is 4.16. The molecule has 98 valence electrons. The summed E-state index contributed by atoms with van der Waals surface area (Å²) in [6, 6.07) is 0.474. The fourth-order valence-corrected chi connectivity index (χ4v) is 1.73. The van der Waals surface area contributed by atoms with E-state index in [9.17, 15) is 0 Å². The lowest BCUT2D eigenvalue weighted by atomic mass is 10.0. The van der Waals surface area contributed by atoms with Gasteiger partial charge in [-0.05, 0) is 26.9 Å². The molecule has 1 atom stereocenters. The number of aromatic nitrogens is 3. The third-order valence-electron chi connectivity index (χ3n) is 3.07. The van der Waals surface area contributed by atoms with Gasteiger partial charge in [-0.3, -0.25) is 0 Å². The molecule has 0 fully saturated rings. The molecular weight excluding hydrogens is 214 g/mol. The monoisotopic (exact) mass is 239 g/mol. The summed E-state index contributed by atoms with van der Waals surface area (Å²) in [7, 11) is 6.20. The van der Waals surface area contributed by atoms with E-state index in [1.54, 1.807) is 0 Å². The molecule has 0 saturated carbocycles. The van der Waals surface area contributed by atoms with Crippen LogP contribution in [-0.2, 0) is 13.6 Å². The summed E-state index contributed by atoms with van der Waals surface area (Å²) in [5.74, 6) is 2.55. The standard InChI is InChI=1S/C12H25N5/c1-9(2)11(8-16(4)5)13-7-12-15-14-10(3)17(12)6/h9,11,13H,7-8H2,1-6H3. The van der Waals surface area contributed by atoms with Crippen LogP contribution < -0.4 is 5.32 Å². The van der Waals surface area contributed by atoms with Crippen molar-refractivity contribution in [3.63, 3.8) is 0 Å². The first-order chi connectivity index (χ1) is 7.91. The summed E-state index contributed by atoms with van der Waals surface area (Å²) in [6.45, 7) is 8.25. The van der Waals surface area contributed by atoms with Crippen molar-refractivity contribution in [2.75, 3.05) is 20.6 Å². The molecular formula is C12H25N5. The predicted octanol–water partition coefficient (Wildman–Crippen LogP) is 0.799. The van der Waals surface area contributed by atoms with Crippen LogP contribution in [-0.4, -0.2) is 46.3 Å². The predicted molar refractivity (Wildman–Crippen MR) is 69.8 cm³/mol. The van der Waals surface area contributed by atoms with Crippen molar-refractivity contribution in [2.45, 2.75) is 33.4 Å². The highest BCUT2D eigenvalue weighted by molar-refractivity contribution is 4.92. The Morgan fingerprint density at radius 1 is 1.29 bits per heavy atom. The molecule has 5 nitrogen and oxygen atoms in total. The Hall–Kier alpha value is -0.940. The molecule has 0 saturated heterocycles. The molecule has 0 aliphatic carbocycles. The number of hydrogen-bond acceptors (Lipinski definition) is 4. The Morgan fingerprint density at radius 2 is 1.94 bits per heavy atom. The Labute approximate surface area is 104 Å². The topological polar surface area (TPSA) is 46.0 Å². The van der Waals surface area contributed by atoms with E-state index < -0.39 is 0 Å². The Bertz CT molecular complexity index is 343. The van der Waals surface area contributed by atoms with Crippen molar-refractivity contribution >= 4 is 0 Å². The lowest BCUT2D eigenvalue weighted by molar-refractivity contribution is 0.286. The minimum atomic E-state index is 0.474. The SMILES string of the molecule is Cc1nnc(CNC(CN(C)C)C(C)C)n1C. The molecule has 0 bridgehead atoms. The largest absolute Gasteiger partial charge is 0.317 e. The van der Waals surface area contributed by atoms with Crippen LogP contribution in [0.3, 0.4) is 0 Å². The minimum Gasteiger partial charge on any atom is -0.317 e. The first-order valence-electron chi connectivity index (χ1n) is 6.14. The van der Waals surface area contributed by atoms with Gasteiger partial charge in [0.15, 0.2) is 0 Å². The van der Waals surface area contributed by atoms with Gasteiger partial charge in [-0.1, -0.05) is 13.8 Å². The third kappa shape index (κ3) is 4.09. The minimum absolute atomic E-state index is 0.474. The maximum Gasteiger partial charge on any atom is 0.146 e. The molecule has 0 amide bonds. The molecule has 0 aromatic carbocycles. The average molecular weight is 239 g/mol. The molecule has 0 aliphatic rings. The molecule has 1 rings (SSSR count). The first kappa shape index (κ1) is 14.1. The van der Waals surface area contributed by atoms with Gasteiger partial charge in [0.05, 0.1) is 6.54 Å². The zero-order chi connectivity index (χ0) is 13.0. The zero-order valence-corrected chi connectivity index (χ0v) is 11.9. The van der Waals surface area contributed by atoms with Gasteiger partial charge in [-0.25, -0.2) is 0 Å². The van der Waals surface area contributed by atoms with E-state index in [-0.39, 0.29) is 0 Å². The van der Waals surface area contributed by atoms with Crippen LogP contribution in [0.15, 0.2) is 0 Å². The number of likely N-dealkylation sites (N-methyl/N-ethyl adjacent to an activating group) is 1. The molecule has 0 radical (unpaired) electrons. The summed E-state index contributed by atoms with van der Waals surface area (Å²) in [6.07, 6.45) is 0. The highest BCUT2D eigenvalue weighted by atomic mass is 15.3. The van der Waals surface area contributed by atoms with Gasteiger partial charge >= 0.3 is 0 Å². The first-order valence-corrected chi connectivity index (χ1v) is 6.14. The molecule has 1 aromatic heterocycles. The number of rotatable bonds is 6. The van der Waals surface area contributed by atoms with Gasteiger partial charge in [0.25, 0.3) is 0 Å². The maximum atomic E-state index is 4.16. The van der Waals surface area contributed by atoms with Crippen LogP contribution in [0.2, 0.25) is 0 Å².